The first-order valence-corrected chi connectivity index (χ1v) is 11.1. The monoisotopic (exact) mass is 486 g/mol. The first-order valence-electron chi connectivity index (χ1n) is 11.1. The largest absolute Gasteiger partial charge is 0.456 e. The summed E-state index contributed by atoms with van der Waals surface area (Å²) >= 11 is 0. The summed E-state index contributed by atoms with van der Waals surface area (Å²) in [7, 11) is 0. The third kappa shape index (κ3) is 5.82. The fourth-order valence-corrected chi connectivity index (χ4v) is 3.78. The predicted octanol–water partition coefficient (Wildman–Crippen LogP) is 6.45. The molecule has 0 bridgehead atoms. The number of amides is 2. The summed E-state index contributed by atoms with van der Waals surface area (Å²) in [5.41, 5.74) is 2.66. The lowest BCUT2D eigenvalue weighted by atomic mass is 9.91. The van der Waals surface area contributed by atoms with Crippen LogP contribution in [0.3, 0.4) is 0 Å². The van der Waals surface area contributed by atoms with Crippen molar-refractivity contribution in [1.82, 2.24) is 15.0 Å². The molecule has 2 aromatic heterocycles. The van der Waals surface area contributed by atoms with Crippen molar-refractivity contribution in [2.75, 3.05) is 18.4 Å². The van der Waals surface area contributed by atoms with Gasteiger partial charge >= 0.3 is 12.2 Å². The van der Waals surface area contributed by atoms with Crippen LogP contribution in [0, 0.1) is 19.8 Å². The molecule has 35 heavy (non-hydrogen) atoms. The van der Waals surface area contributed by atoms with Crippen LogP contribution >= 0.6 is 0 Å². The molecule has 7 nitrogen and oxygen atoms in total. The minimum atomic E-state index is -4.49. The summed E-state index contributed by atoms with van der Waals surface area (Å²) < 4.78 is 48.9. The zero-order chi connectivity index (χ0) is 25.2. The Bertz CT molecular complexity index is 1240. The van der Waals surface area contributed by atoms with Gasteiger partial charge in [0.2, 0.25) is 5.88 Å². The molecular formula is C25H25F3N4O3. The topological polar surface area (TPSA) is 80.5 Å². The summed E-state index contributed by atoms with van der Waals surface area (Å²) in [5, 5.41) is 6.64. The van der Waals surface area contributed by atoms with E-state index in [2.05, 4.69) is 28.5 Å². The quantitative estimate of drug-likeness (QED) is 0.458. The number of aromatic nitrogens is 2. The van der Waals surface area contributed by atoms with Crippen molar-refractivity contribution >= 4 is 18.0 Å². The van der Waals surface area contributed by atoms with Crippen LogP contribution in [0.2, 0.25) is 0 Å². The molecule has 1 aliphatic rings. The number of hydrogen-bond acceptors (Lipinski definition) is 5. The lowest BCUT2D eigenvalue weighted by Gasteiger charge is -2.33. The van der Waals surface area contributed by atoms with Gasteiger partial charge in [-0.3, -0.25) is 5.32 Å². The van der Waals surface area contributed by atoms with Crippen LogP contribution in [-0.4, -0.2) is 34.2 Å². The molecule has 0 aliphatic carbocycles. The minimum Gasteiger partial charge on any atom is -0.456 e. The number of nitrogens with zero attached hydrogens (tertiary/aromatic N) is 3. The van der Waals surface area contributed by atoms with E-state index in [0.29, 0.717) is 31.1 Å². The molecular weight excluding hydrogens is 461 g/mol. The highest BCUT2D eigenvalue weighted by Gasteiger charge is 2.32. The number of hydrogen-bond donors (Lipinski definition) is 1. The van der Waals surface area contributed by atoms with Gasteiger partial charge in [-0.15, -0.1) is 0 Å². The lowest BCUT2D eigenvalue weighted by Crippen LogP contribution is -2.42. The van der Waals surface area contributed by atoms with Gasteiger partial charge in [0, 0.05) is 18.7 Å². The molecule has 0 saturated carbocycles. The lowest BCUT2D eigenvalue weighted by molar-refractivity contribution is -0.141. The molecule has 10 heteroatoms. The number of rotatable bonds is 4. The van der Waals surface area contributed by atoms with Crippen LogP contribution in [0.25, 0.3) is 6.08 Å². The number of urea groups is 1. The van der Waals surface area contributed by atoms with E-state index in [9.17, 15) is 18.0 Å². The normalized spacial score (nSPS) is 17.5. The molecule has 1 unspecified atom stereocenters. The molecule has 1 aromatic carbocycles. The molecule has 0 radical (unpaired) electrons. The Kier molecular flexibility index (Phi) is 6.81. The molecule has 4 rings (SSSR count). The molecule has 1 saturated heterocycles. The van der Waals surface area contributed by atoms with Crippen LogP contribution in [0.5, 0.6) is 11.5 Å². The number of anilines is 1. The van der Waals surface area contributed by atoms with E-state index in [4.69, 9.17) is 9.26 Å². The van der Waals surface area contributed by atoms with E-state index in [-0.39, 0.29) is 17.7 Å². The first kappa shape index (κ1) is 24.3. The summed E-state index contributed by atoms with van der Waals surface area (Å²) in [4.78, 5) is 17.8. The van der Waals surface area contributed by atoms with Crippen molar-refractivity contribution in [2.24, 2.45) is 5.92 Å². The maximum absolute atomic E-state index is 12.7. The predicted molar refractivity (Wildman–Crippen MR) is 124 cm³/mol. The number of aryl methyl sites for hydroxylation is 1. The van der Waals surface area contributed by atoms with Crippen LogP contribution < -0.4 is 10.1 Å². The maximum Gasteiger partial charge on any atom is 0.433 e. The van der Waals surface area contributed by atoms with Crippen molar-refractivity contribution < 1.29 is 27.2 Å². The number of carbonyl (C=O) groups is 1. The minimum absolute atomic E-state index is 0.135. The molecule has 2 amide bonds. The summed E-state index contributed by atoms with van der Waals surface area (Å²) in [6, 6.07) is 9.17. The Morgan fingerprint density at radius 2 is 2.03 bits per heavy atom. The number of piperidine rings is 1. The van der Waals surface area contributed by atoms with Crippen molar-refractivity contribution in [3.05, 3.63) is 70.7 Å². The van der Waals surface area contributed by atoms with Gasteiger partial charge < -0.3 is 14.2 Å². The van der Waals surface area contributed by atoms with E-state index in [1.54, 1.807) is 11.0 Å². The van der Waals surface area contributed by atoms with E-state index in [1.807, 2.05) is 32.0 Å². The summed E-state index contributed by atoms with van der Waals surface area (Å²) in [6.07, 6.45) is -0.678. The number of pyridine rings is 1. The van der Waals surface area contributed by atoms with Gasteiger partial charge in [0.15, 0.2) is 0 Å². The molecule has 184 valence electrons. The molecule has 3 heterocycles. The number of ether oxygens (including phenoxy) is 1. The molecule has 1 atom stereocenters. The molecule has 3 aromatic rings. The maximum atomic E-state index is 12.7. The molecule has 1 N–H and O–H groups in total. The highest BCUT2D eigenvalue weighted by molar-refractivity contribution is 5.88. The second-order valence-corrected chi connectivity index (χ2v) is 8.52. The van der Waals surface area contributed by atoms with Gasteiger partial charge in [-0.1, -0.05) is 35.9 Å². The Balaban J connectivity index is 1.39. The van der Waals surface area contributed by atoms with Crippen molar-refractivity contribution in [1.29, 1.82) is 0 Å². The summed E-state index contributed by atoms with van der Waals surface area (Å²) in [6.45, 7) is 6.82. The molecule has 1 aliphatic heterocycles. The zero-order valence-electron chi connectivity index (χ0n) is 19.5. The Hall–Kier alpha value is -3.82. The molecule has 1 fully saturated rings. The second-order valence-electron chi connectivity index (χ2n) is 8.52. The van der Waals surface area contributed by atoms with E-state index >= 15 is 0 Å². The van der Waals surface area contributed by atoms with Crippen LogP contribution in [0.4, 0.5) is 23.8 Å². The Labute approximate surface area is 200 Å². The van der Waals surface area contributed by atoms with E-state index in [0.717, 1.165) is 29.1 Å². The average molecular weight is 486 g/mol. The zero-order valence-corrected chi connectivity index (χ0v) is 19.5. The second kappa shape index (κ2) is 9.81. The molecule has 0 spiro atoms. The standard InChI is InChI=1S/C25H25F3N4O3/c1-15-14-32(24(33)30-23-16(2)17(3)31-35-23)10-9-19(15)11-18-5-4-6-20(12-18)34-21-7-8-22(29-13-21)25(26,27)28/h4-8,11-13,15H,9-10,14H2,1-3H3,(H,30,33)/b19-11+. The van der Waals surface area contributed by atoms with E-state index in [1.165, 1.54) is 11.6 Å². The fraction of sp³-hybridized carbons (Fsp3) is 0.320. The van der Waals surface area contributed by atoms with Crippen LogP contribution in [0.15, 0.2) is 52.7 Å². The van der Waals surface area contributed by atoms with Gasteiger partial charge in [0.25, 0.3) is 0 Å². The van der Waals surface area contributed by atoms with Crippen LogP contribution in [0.1, 0.15) is 35.9 Å². The SMILES string of the molecule is Cc1noc(NC(=O)N2CC/C(=C\c3cccc(Oc4ccc(C(F)(F)F)nc4)c3)C(C)C2)c1C. The number of carbonyl (C=O) groups excluding carboxylic acids is 1. The van der Waals surface area contributed by atoms with Crippen LogP contribution in [-0.2, 0) is 6.18 Å². The Morgan fingerprint density at radius 3 is 2.66 bits per heavy atom. The number of likely N-dealkylation sites (tertiary alicyclic amines) is 1. The number of benzene rings is 1. The average Bonchev–Trinajstić information content (AvgIpc) is 3.12. The van der Waals surface area contributed by atoms with Crippen molar-refractivity contribution in [3.8, 4) is 11.5 Å². The smallest absolute Gasteiger partial charge is 0.433 e. The first-order chi connectivity index (χ1) is 16.6. The van der Waals surface area contributed by atoms with E-state index < -0.39 is 11.9 Å². The number of halogens is 3. The summed E-state index contributed by atoms with van der Waals surface area (Å²) in [5.74, 6) is 1.20. The highest BCUT2D eigenvalue weighted by Crippen LogP contribution is 2.31. The van der Waals surface area contributed by atoms with Gasteiger partial charge in [-0.05, 0) is 56.0 Å². The number of nitrogens with one attached hydrogen (secondary N) is 1. The van der Waals surface area contributed by atoms with Crippen molar-refractivity contribution in [3.63, 3.8) is 0 Å². The van der Waals surface area contributed by atoms with Gasteiger partial charge in [-0.2, -0.15) is 13.2 Å². The third-order valence-corrected chi connectivity index (χ3v) is 5.94. The number of alkyl halides is 3. The van der Waals surface area contributed by atoms with Crippen molar-refractivity contribution in [2.45, 2.75) is 33.4 Å². The third-order valence-electron chi connectivity index (χ3n) is 5.94. The van der Waals surface area contributed by atoms with Gasteiger partial charge in [-0.25, -0.2) is 9.78 Å². The van der Waals surface area contributed by atoms with Gasteiger partial charge in [0.1, 0.15) is 17.2 Å². The highest BCUT2D eigenvalue weighted by atomic mass is 19.4. The van der Waals surface area contributed by atoms with Gasteiger partial charge in [0.05, 0.1) is 11.9 Å². The Morgan fingerprint density at radius 1 is 1.23 bits per heavy atom. The fourth-order valence-electron chi connectivity index (χ4n) is 3.78.